The van der Waals surface area contributed by atoms with Crippen LogP contribution in [0.3, 0.4) is 0 Å². The van der Waals surface area contributed by atoms with Crippen LogP contribution in [-0.4, -0.2) is 29.0 Å². The summed E-state index contributed by atoms with van der Waals surface area (Å²) in [5, 5.41) is 7.71. The Morgan fingerprint density at radius 1 is 1.44 bits per heavy atom. The van der Waals surface area contributed by atoms with Gasteiger partial charge in [0.2, 0.25) is 0 Å². The van der Waals surface area contributed by atoms with Crippen LogP contribution in [0.15, 0.2) is 12.3 Å². The van der Waals surface area contributed by atoms with E-state index in [1.54, 1.807) is 0 Å². The number of anilines is 1. The Hall–Kier alpha value is -1.03. The molecule has 0 saturated heterocycles. The topological polar surface area (TPSA) is 39.1 Å². The van der Waals surface area contributed by atoms with Gasteiger partial charge in [-0.3, -0.25) is 0 Å². The van der Waals surface area contributed by atoms with Gasteiger partial charge >= 0.3 is 0 Å². The van der Waals surface area contributed by atoms with Crippen molar-refractivity contribution in [3.63, 3.8) is 0 Å². The summed E-state index contributed by atoms with van der Waals surface area (Å²) in [5.74, 6) is 1.67. The third kappa shape index (κ3) is 4.23. The molecule has 0 aliphatic rings. The van der Waals surface area contributed by atoms with Gasteiger partial charge in [-0.2, -0.15) is 5.10 Å². The summed E-state index contributed by atoms with van der Waals surface area (Å²) in [5.41, 5.74) is 0. The maximum Gasteiger partial charge on any atom is 0.124 e. The van der Waals surface area contributed by atoms with Crippen molar-refractivity contribution in [3.8, 4) is 0 Å². The van der Waals surface area contributed by atoms with Gasteiger partial charge in [0.15, 0.2) is 0 Å². The molecule has 4 heteroatoms. The van der Waals surface area contributed by atoms with Gasteiger partial charge in [-0.1, -0.05) is 13.8 Å². The largest absolute Gasteiger partial charge is 0.380 e. The Kier molecular flexibility index (Phi) is 5.32. The molecule has 1 atom stereocenters. The molecule has 1 unspecified atom stereocenters. The standard InChI is InChI=1S/C12H23N3O/c1-5-16-9-11(4)14-12-6-7-13-15(12)8-10(2)3/h6-7,10-11,14H,5,8-9H2,1-4H3. The molecule has 0 radical (unpaired) electrons. The van der Waals surface area contributed by atoms with E-state index in [0.29, 0.717) is 12.0 Å². The molecule has 16 heavy (non-hydrogen) atoms. The van der Waals surface area contributed by atoms with Gasteiger partial charge in [0.1, 0.15) is 5.82 Å². The first-order chi connectivity index (χ1) is 7.63. The first kappa shape index (κ1) is 13.0. The van der Waals surface area contributed by atoms with Crippen LogP contribution in [0.1, 0.15) is 27.7 Å². The third-order valence-electron chi connectivity index (χ3n) is 2.22. The highest BCUT2D eigenvalue weighted by atomic mass is 16.5. The average Bonchev–Trinajstić information content (AvgIpc) is 2.62. The molecule has 1 heterocycles. The van der Waals surface area contributed by atoms with Crippen LogP contribution in [-0.2, 0) is 11.3 Å². The van der Waals surface area contributed by atoms with E-state index in [1.807, 2.05) is 23.9 Å². The van der Waals surface area contributed by atoms with E-state index in [0.717, 1.165) is 25.6 Å². The van der Waals surface area contributed by atoms with Gasteiger partial charge in [-0.05, 0) is 19.8 Å². The van der Waals surface area contributed by atoms with E-state index in [2.05, 4.69) is 31.2 Å². The third-order valence-corrected chi connectivity index (χ3v) is 2.22. The van der Waals surface area contributed by atoms with Crippen LogP contribution in [0.25, 0.3) is 0 Å². The van der Waals surface area contributed by atoms with Crippen molar-refractivity contribution < 1.29 is 4.74 Å². The van der Waals surface area contributed by atoms with E-state index in [9.17, 15) is 0 Å². The Morgan fingerprint density at radius 2 is 2.19 bits per heavy atom. The quantitative estimate of drug-likeness (QED) is 0.774. The van der Waals surface area contributed by atoms with Crippen LogP contribution < -0.4 is 5.32 Å². The van der Waals surface area contributed by atoms with E-state index in [1.165, 1.54) is 0 Å². The summed E-state index contributed by atoms with van der Waals surface area (Å²) < 4.78 is 7.38. The second-order valence-electron chi connectivity index (χ2n) is 4.50. The van der Waals surface area contributed by atoms with Gasteiger partial charge in [-0.15, -0.1) is 0 Å². The summed E-state index contributed by atoms with van der Waals surface area (Å²) in [4.78, 5) is 0. The van der Waals surface area contributed by atoms with Crippen LogP contribution >= 0.6 is 0 Å². The zero-order chi connectivity index (χ0) is 12.0. The van der Waals surface area contributed by atoms with Crippen LogP contribution in [0.4, 0.5) is 5.82 Å². The summed E-state index contributed by atoms with van der Waals surface area (Å²) in [7, 11) is 0. The average molecular weight is 225 g/mol. The molecular weight excluding hydrogens is 202 g/mol. The normalized spacial score (nSPS) is 13.1. The number of ether oxygens (including phenoxy) is 1. The maximum absolute atomic E-state index is 5.37. The minimum Gasteiger partial charge on any atom is -0.380 e. The Morgan fingerprint density at radius 3 is 2.81 bits per heavy atom. The fraction of sp³-hybridized carbons (Fsp3) is 0.750. The van der Waals surface area contributed by atoms with Crippen LogP contribution in [0.5, 0.6) is 0 Å². The van der Waals surface area contributed by atoms with E-state index >= 15 is 0 Å². The van der Waals surface area contributed by atoms with Crippen molar-refractivity contribution >= 4 is 5.82 Å². The number of hydrogen-bond donors (Lipinski definition) is 1. The smallest absolute Gasteiger partial charge is 0.124 e. The lowest BCUT2D eigenvalue weighted by atomic mass is 10.2. The highest BCUT2D eigenvalue weighted by molar-refractivity contribution is 5.34. The Bertz CT molecular complexity index is 296. The number of rotatable bonds is 7. The SMILES string of the molecule is CCOCC(C)Nc1ccnn1CC(C)C. The number of nitrogens with one attached hydrogen (secondary N) is 1. The second-order valence-corrected chi connectivity index (χ2v) is 4.50. The van der Waals surface area contributed by atoms with Crippen molar-refractivity contribution in [2.45, 2.75) is 40.3 Å². The van der Waals surface area contributed by atoms with Gasteiger partial charge in [0.25, 0.3) is 0 Å². The first-order valence-corrected chi connectivity index (χ1v) is 5.99. The number of aromatic nitrogens is 2. The van der Waals surface area contributed by atoms with E-state index in [-0.39, 0.29) is 0 Å². The van der Waals surface area contributed by atoms with E-state index in [4.69, 9.17) is 4.74 Å². The summed E-state index contributed by atoms with van der Waals surface area (Å²) >= 11 is 0. The fourth-order valence-corrected chi connectivity index (χ4v) is 1.54. The lowest BCUT2D eigenvalue weighted by Crippen LogP contribution is -2.24. The zero-order valence-electron chi connectivity index (χ0n) is 10.7. The summed E-state index contributed by atoms with van der Waals surface area (Å²) in [6, 6.07) is 2.31. The molecule has 0 bridgehead atoms. The van der Waals surface area contributed by atoms with Gasteiger partial charge in [0.05, 0.1) is 12.8 Å². The maximum atomic E-state index is 5.37. The minimum atomic E-state index is 0.308. The molecule has 1 aromatic heterocycles. The number of hydrogen-bond acceptors (Lipinski definition) is 3. The molecule has 0 saturated carbocycles. The molecule has 0 spiro atoms. The van der Waals surface area contributed by atoms with Crippen molar-refractivity contribution in [1.29, 1.82) is 0 Å². The van der Waals surface area contributed by atoms with Gasteiger partial charge in [0, 0.05) is 25.3 Å². The van der Waals surface area contributed by atoms with Crippen molar-refractivity contribution in [2.75, 3.05) is 18.5 Å². The monoisotopic (exact) mass is 225 g/mol. The molecule has 4 nitrogen and oxygen atoms in total. The predicted octanol–water partition coefficient (Wildman–Crippen LogP) is 2.38. The lowest BCUT2D eigenvalue weighted by molar-refractivity contribution is 0.141. The molecule has 92 valence electrons. The molecule has 0 amide bonds. The molecule has 0 aliphatic carbocycles. The summed E-state index contributed by atoms with van der Waals surface area (Å²) in [6.07, 6.45) is 1.83. The zero-order valence-corrected chi connectivity index (χ0v) is 10.7. The highest BCUT2D eigenvalue weighted by Gasteiger charge is 2.07. The molecule has 1 N–H and O–H groups in total. The molecular formula is C12H23N3O. The molecule has 0 aliphatic heterocycles. The van der Waals surface area contributed by atoms with Crippen molar-refractivity contribution in [2.24, 2.45) is 5.92 Å². The van der Waals surface area contributed by atoms with Crippen LogP contribution in [0, 0.1) is 5.92 Å². The predicted molar refractivity (Wildman–Crippen MR) is 66.6 cm³/mol. The van der Waals surface area contributed by atoms with Crippen LogP contribution in [0.2, 0.25) is 0 Å². The summed E-state index contributed by atoms with van der Waals surface area (Å²) in [6.45, 7) is 10.9. The fourth-order valence-electron chi connectivity index (χ4n) is 1.54. The first-order valence-electron chi connectivity index (χ1n) is 5.99. The molecule has 1 rings (SSSR count). The number of nitrogens with zero attached hydrogens (tertiary/aromatic N) is 2. The van der Waals surface area contributed by atoms with Gasteiger partial charge in [-0.25, -0.2) is 4.68 Å². The highest BCUT2D eigenvalue weighted by Crippen LogP contribution is 2.10. The Balaban J connectivity index is 2.49. The van der Waals surface area contributed by atoms with Crippen molar-refractivity contribution in [1.82, 2.24) is 9.78 Å². The molecule has 0 fully saturated rings. The lowest BCUT2D eigenvalue weighted by Gasteiger charge is -2.17. The minimum absolute atomic E-state index is 0.308. The Labute approximate surface area is 98.0 Å². The molecule has 0 aromatic carbocycles. The van der Waals surface area contributed by atoms with E-state index < -0.39 is 0 Å². The second kappa shape index (κ2) is 6.53. The molecule has 1 aromatic rings. The van der Waals surface area contributed by atoms with Crippen molar-refractivity contribution in [3.05, 3.63) is 12.3 Å². The van der Waals surface area contributed by atoms with Gasteiger partial charge < -0.3 is 10.1 Å².